The summed E-state index contributed by atoms with van der Waals surface area (Å²) in [5.74, 6) is 0.0778. The van der Waals surface area contributed by atoms with E-state index in [0.29, 0.717) is 36.1 Å². The van der Waals surface area contributed by atoms with Crippen molar-refractivity contribution < 1.29 is 13.9 Å². The monoisotopic (exact) mass is 471 g/mol. The number of nitrogens with zero attached hydrogens (tertiary/aromatic N) is 4. The Balaban J connectivity index is 1.59. The predicted octanol–water partition coefficient (Wildman–Crippen LogP) is 3.90. The lowest BCUT2D eigenvalue weighted by molar-refractivity contribution is -0.00901. The van der Waals surface area contributed by atoms with Gasteiger partial charge in [0.05, 0.1) is 31.1 Å². The summed E-state index contributed by atoms with van der Waals surface area (Å²) in [5, 5.41) is 12.8. The zero-order chi connectivity index (χ0) is 24.2. The highest BCUT2D eigenvalue weighted by atomic mass is 19.1. The van der Waals surface area contributed by atoms with E-state index in [0.717, 1.165) is 41.9 Å². The summed E-state index contributed by atoms with van der Waals surface area (Å²) < 4.78 is 25.8. The van der Waals surface area contributed by atoms with E-state index in [1.165, 1.54) is 25.4 Å². The molecule has 0 bridgehead atoms. The zero-order valence-corrected chi connectivity index (χ0v) is 19.4. The van der Waals surface area contributed by atoms with Crippen LogP contribution in [0.5, 0.6) is 5.75 Å². The number of benzene rings is 1. The molecule has 2 aliphatic rings. The number of ether oxygens (including phenoxy) is 2. The number of rotatable bonds is 5. The van der Waals surface area contributed by atoms with Gasteiger partial charge in [-0.15, -0.1) is 0 Å². The molecule has 178 valence electrons. The second-order valence-electron chi connectivity index (χ2n) is 8.66. The molecular formula is C27H26FN5O2. The van der Waals surface area contributed by atoms with Crippen LogP contribution in [-0.2, 0) is 4.74 Å². The van der Waals surface area contributed by atoms with Crippen molar-refractivity contribution in [3.05, 3.63) is 71.6 Å². The molecule has 0 radical (unpaired) electrons. The molecule has 0 aliphatic carbocycles. The zero-order valence-electron chi connectivity index (χ0n) is 19.4. The van der Waals surface area contributed by atoms with Gasteiger partial charge >= 0.3 is 0 Å². The largest absolute Gasteiger partial charge is 0.497 e. The van der Waals surface area contributed by atoms with Gasteiger partial charge in [-0.25, -0.2) is 4.39 Å². The fourth-order valence-electron chi connectivity index (χ4n) is 4.76. The van der Waals surface area contributed by atoms with Gasteiger partial charge in [-0.1, -0.05) is 12.2 Å². The molecule has 1 aromatic carbocycles. The van der Waals surface area contributed by atoms with Crippen molar-refractivity contribution in [3.8, 4) is 22.9 Å². The number of morpholine rings is 1. The highest BCUT2D eigenvalue weighted by Crippen LogP contribution is 2.38. The van der Waals surface area contributed by atoms with Crippen LogP contribution in [0.1, 0.15) is 23.1 Å². The van der Waals surface area contributed by atoms with Crippen LogP contribution in [0, 0.1) is 17.1 Å². The molecule has 3 aromatic rings. The molecule has 0 spiro atoms. The Morgan fingerprint density at radius 1 is 1.17 bits per heavy atom. The van der Waals surface area contributed by atoms with Crippen LogP contribution in [0.15, 0.2) is 49.1 Å². The van der Waals surface area contributed by atoms with Crippen molar-refractivity contribution in [2.45, 2.75) is 18.6 Å². The van der Waals surface area contributed by atoms with E-state index in [1.807, 2.05) is 18.2 Å². The van der Waals surface area contributed by atoms with Crippen LogP contribution < -0.4 is 15.0 Å². The van der Waals surface area contributed by atoms with Gasteiger partial charge in [0.25, 0.3) is 0 Å². The third kappa shape index (κ3) is 5.02. The van der Waals surface area contributed by atoms with E-state index in [1.54, 1.807) is 24.7 Å². The number of nitriles is 1. The van der Waals surface area contributed by atoms with Crippen molar-refractivity contribution in [3.63, 3.8) is 0 Å². The lowest BCUT2D eigenvalue weighted by atomic mass is 9.96. The van der Waals surface area contributed by atoms with E-state index in [-0.39, 0.29) is 11.9 Å². The second-order valence-corrected chi connectivity index (χ2v) is 8.66. The topological polar surface area (TPSA) is 83.3 Å². The molecule has 2 aliphatic heterocycles. The van der Waals surface area contributed by atoms with Gasteiger partial charge in [0, 0.05) is 67.7 Å². The maximum Gasteiger partial charge on any atom is 0.127 e. The summed E-state index contributed by atoms with van der Waals surface area (Å²) in [4.78, 5) is 10.9. The maximum atomic E-state index is 14.4. The molecule has 0 amide bonds. The van der Waals surface area contributed by atoms with Crippen LogP contribution in [-0.4, -0.2) is 55.5 Å². The smallest absolute Gasteiger partial charge is 0.127 e. The fourth-order valence-corrected chi connectivity index (χ4v) is 4.76. The summed E-state index contributed by atoms with van der Waals surface area (Å²) in [6.07, 6.45) is 11.7. The lowest BCUT2D eigenvalue weighted by Crippen LogP contribution is -2.58. The van der Waals surface area contributed by atoms with Gasteiger partial charge in [-0.05, 0) is 35.7 Å². The molecular weight excluding hydrogens is 445 g/mol. The Bertz CT molecular complexity index is 1290. The Labute approximate surface area is 203 Å². The molecule has 2 atom stereocenters. The first-order valence-corrected chi connectivity index (χ1v) is 11.6. The van der Waals surface area contributed by atoms with Gasteiger partial charge in [0.2, 0.25) is 0 Å². The Morgan fingerprint density at radius 2 is 2.06 bits per heavy atom. The third-order valence-electron chi connectivity index (χ3n) is 6.42. The molecule has 35 heavy (non-hydrogen) atoms. The number of methoxy groups -OCH3 is 1. The van der Waals surface area contributed by atoms with Gasteiger partial charge in [0.15, 0.2) is 0 Å². The number of fused-ring (bicyclic) bond motifs is 1. The highest BCUT2D eigenvalue weighted by Gasteiger charge is 2.33. The molecule has 2 saturated heterocycles. The third-order valence-corrected chi connectivity index (χ3v) is 6.42. The Hall–Kier alpha value is -3.80. The van der Waals surface area contributed by atoms with Gasteiger partial charge in [-0.3, -0.25) is 9.97 Å². The molecule has 0 unspecified atom stereocenters. The standard InChI is InChI=1S/C27H26FN5O2/c1-34-23-10-21(9-22(28)11-23)24-16-31-15-20(3-2-18-8-19(12-29)14-30-13-18)27(24)33-6-4-25-26(17-33)35-7-5-32-25/h2-3,8-11,13-16,25-26,32H,4-7,17H2,1H3/b3-2+/t25-,26-/m1/s1. The predicted molar refractivity (Wildman–Crippen MR) is 132 cm³/mol. The van der Waals surface area contributed by atoms with E-state index in [9.17, 15) is 9.65 Å². The number of aromatic nitrogens is 2. The number of piperidine rings is 1. The van der Waals surface area contributed by atoms with Gasteiger partial charge in [-0.2, -0.15) is 5.26 Å². The molecule has 8 heteroatoms. The maximum absolute atomic E-state index is 14.4. The lowest BCUT2D eigenvalue weighted by Gasteiger charge is -2.43. The first-order valence-electron chi connectivity index (χ1n) is 11.6. The number of halogens is 1. The minimum absolute atomic E-state index is 0.0777. The quantitative estimate of drug-likeness (QED) is 0.604. The fraction of sp³-hybridized carbons (Fsp3) is 0.296. The van der Waals surface area contributed by atoms with Crippen LogP contribution in [0.3, 0.4) is 0 Å². The molecule has 7 nitrogen and oxygen atoms in total. The van der Waals surface area contributed by atoms with Crippen LogP contribution >= 0.6 is 0 Å². The first-order chi connectivity index (χ1) is 17.1. The second kappa shape index (κ2) is 10.2. The minimum Gasteiger partial charge on any atom is -0.497 e. The molecule has 2 fully saturated rings. The molecule has 1 N–H and O–H groups in total. The summed E-state index contributed by atoms with van der Waals surface area (Å²) in [5.41, 5.74) is 4.66. The average Bonchev–Trinajstić information content (AvgIpc) is 2.91. The first kappa shape index (κ1) is 23.0. The molecule has 4 heterocycles. The number of pyridine rings is 2. The summed E-state index contributed by atoms with van der Waals surface area (Å²) in [7, 11) is 1.53. The number of nitrogens with one attached hydrogen (secondary N) is 1. The SMILES string of the molecule is COc1cc(F)cc(-c2cncc(/C=C/c3cncc(C#N)c3)c2N2CC[C@H]3NCCO[C@@H]3C2)c1. The van der Waals surface area contributed by atoms with Crippen molar-refractivity contribution in [2.24, 2.45) is 0 Å². The summed E-state index contributed by atoms with van der Waals surface area (Å²) in [6, 6.07) is 8.92. The van der Waals surface area contributed by atoms with E-state index < -0.39 is 0 Å². The van der Waals surface area contributed by atoms with E-state index in [4.69, 9.17) is 9.47 Å². The number of hydrogen-bond acceptors (Lipinski definition) is 7. The van der Waals surface area contributed by atoms with Crippen LogP contribution in [0.4, 0.5) is 10.1 Å². The average molecular weight is 472 g/mol. The van der Waals surface area contributed by atoms with Crippen molar-refractivity contribution in [1.82, 2.24) is 15.3 Å². The van der Waals surface area contributed by atoms with E-state index in [2.05, 4.69) is 26.3 Å². The van der Waals surface area contributed by atoms with Gasteiger partial charge < -0.3 is 19.7 Å². The summed E-state index contributed by atoms with van der Waals surface area (Å²) >= 11 is 0. The summed E-state index contributed by atoms with van der Waals surface area (Å²) in [6.45, 7) is 3.10. The van der Waals surface area contributed by atoms with E-state index >= 15 is 0 Å². The minimum atomic E-state index is -0.371. The van der Waals surface area contributed by atoms with Crippen molar-refractivity contribution in [1.29, 1.82) is 5.26 Å². The molecule has 2 aromatic heterocycles. The van der Waals surface area contributed by atoms with Crippen LogP contribution in [0.25, 0.3) is 23.3 Å². The number of hydrogen-bond donors (Lipinski definition) is 1. The molecule has 5 rings (SSSR count). The highest BCUT2D eigenvalue weighted by molar-refractivity contribution is 5.87. The Morgan fingerprint density at radius 3 is 2.91 bits per heavy atom. The van der Waals surface area contributed by atoms with Gasteiger partial charge in [0.1, 0.15) is 17.6 Å². The van der Waals surface area contributed by atoms with Crippen LogP contribution in [0.2, 0.25) is 0 Å². The number of anilines is 1. The van der Waals surface area contributed by atoms with Crippen molar-refractivity contribution >= 4 is 17.8 Å². The molecule has 0 saturated carbocycles. The van der Waals surface area contributed by atoms with Crippen molar-refractivity contribution in [2.75, 3.05) is 38.3 Å². The normalized spacial score (nSPS) is 19.9. The Kier molecular flexibility index (Phi) is 6.70.